The number of amides is 6. The third kappa shape index (κ3) is 12.7. The second-order valence-electron chi connectivity index (χ2n) is 18.9. The molecular weight excluding hydrogens is 1100 g/mol. The summed E-state index contributed by atoms with van der Waals surface area (Å²) in [5.74, 6) is -5.60. The van der Waals surface area contributed by atoms with Crippen LogP contribution in [0.1, 0.15) is 67.6 Å². The number of carboxylic acids is 2. The highest BCUT2D eigenvalue weighted by atomic mass is 35.5. The number of nitriles is 1. The van der Waals surface area contributed by atoms with Gasteiger partial charge in [0.1, 0.15) is 71.8 Å². The first-order chi connectivity index (χ1) is 36.3. The minimum Gasteiger partial charge on any atom is -0.480 e. The lowest BCUT2D eigenvalue weighted by Gasteiger charge is -2.44. The van der Waals surface area contributed by atoms with Crippen LogP contribution in [0.15, 0.2) is 107 Å². The van der Waals surface area contributed by atoms with Crippen molar-refractivity contribution >= 4 is 117 Å². The zero-order valence-corrected chi connectivity index (χ0v) is 45.2. The number of hydrogen-bond acceptors (Lipinski definition) is 13. The van der Waals surface area contributed by atoms with Gasteiger partial charge in [-0.15, -0.1) is 23.5 Å². The second kappa shape index (κ2) is 23.5. The van der Waals surface area contributed by atoms with Crippen LogP contribution >= 0.6 is 58.3 Å². The molecule has 0 bridgehead atoms. The average Bonchev–Trinajstić information content (AvgIpc) is 3.98. The summed E-state index contributed by atoms with van der Waals surface area (Å²) in [6.45, 7) is 6.18. The summed E-state index contributed by atoms with van der Waals surface area (Å²) < 4.78 is -1.47. The van der Waals surface area contributed by atoms with Crippen LogP contribution in [0.2, 0.25) is 15.1 Å². The molecule has 6 amide bonds. The largest absolute Gasteiger partial charge is 0.480 e. The summed E-state index contributed by atoms with van der Waals surface area (Å²) in [6.07, 6.45) is 0. The molecule has 8 rings (SSSR count). The van der Waals surface area contributed by atoms with E-state index in [1.54, 1.807) is 100 Å². The van der Waals surface area contributed by atoms with Crippen LogP contribution in [0, 0.1) is 11.3 Å². The summed E-state index contributed by atoms with van der Waals surface area (Å²) in [6, 6.07) is 21.9. The van der Waals surface area contributed by atoms with Gasteiger partial charge in [-0.2, -0.15) is 5.26 Å². The third-order valence-electron chi connectivity index (χ3n) is 12.6. The van der Waals surface area contributed by atoms with Crippen LogP contribution in [0.3, 0.4) is 0 Å². The maximum atomic E-state index is 13.3. The van der Waals surface area contributed by atoms with Crippen molar-refractivity contribution in [1.29, 1.82) is 5.26 Å². The lowest BCUT2D eigenvalue weighted by atomic mass is 9.95. The standard InChI is InChI=1S/C26H25ClN6O5S.C25H25Cl2N5O5S/c1-26(2)20(25(37)38)33-23(36)19(24(33)39-26)32-22(35)18(14-6-4-3-5-7-14)31-17(34)12-30-21(29)15-8-13(11-28)9-16(27)10-15;1-25(2)19(24(36)37)32-22(35)18(23(32)38-25)31-21(34)17(12-6-4-3-5-7-12)30-16(33)11-29-20(28)13-8-14(26)10-15(27)9-13/h3-10,18-20,24H,12H2,1-2H3,(H2,29,30)(H,31,34)(H,32,35)(H,37,38);3-10,17-19,23H,11H2,1-2H3,(H2,28,29)(H,30,33)(H,31,34)(H,36,37)/t18?,19-,20+,24-;17?,18-,19+,23-/m11/s1. The highest BCUT2D eigenvalue weighted by Gasteiger charge is 2.65. The smallest absolute Gasteiger partial charge is 0.327 e. The number of halogens is 3. The molecule has 0 saturated carbocycles. The molecule has 21 nitrogen and oxygen atoms in total. The van der Waals surface area contributed by atoms with E-state index in [0.717, 1.165) is 0 Å². The fraction of sp³-hybridized carbons (Fsp3) is 0.314. The number of benzene rings is 4. The van der Waals surface area contributed by atoms with E-state index < -0.39 is 110 Å². The zero-order chi connectivity index (χ0) is 56.3. The van der Waals surface area contributed by atoms with Crippen LogP contribution in [-0.4, -0.2) is 137 Å². The predicted octanol–water partition coefficient (Wildman–Crippen LogP) is 3.59. The van der Waals surface area contributed by atoms with E-state index in [1.165, 1.54) is 57.6 Å². The number of nitrogens with zero attached hydrogens (tertiary/aromatic N) is 5. The number of amidine groups is 2. The predicted molar refractivity (Wildman–Crippen MR) is 290 cm³/mol. The number of fused-ring (bicyclic) bond motifs is 2. The molecule has 10 N–H and O–H groups in total. The van der Waals surface area contributed by atoms with Gasteiger partial charge in [0.15, 0.2) is 0 Å². The molecule has 4 saturated heterocycles. The van der Waals surface area contributed by atoms with Crippen LogP contribution in [0.25, 0.3) is 0 Å². The van der Waals surface area contributed by atoms with E-state index in [4.69, 9.17) is 51.5 Å². The Hall–Kier alpha value is -7.36. The highest BCUT2D eigenvalue weighted by molar-refractivity contribution is 8.02. The van der Waals surface area contributed by atoms with Crippen LogP contribution in [-0.2, 0) is 38.4 Å². The number of nitrogens with one attached hydrogen (secondary N) is 4. The quantitative estimate of drug-likeness (QED) is 0.0452. The number of aliphatic imine (C=N–C) groups is 2. The zero-order valence-electron chi connectivity index (χ0n) is 41.3. The monoisotopic (exact) mass is 1150 g/mol. The fourth-order valence-corrected chi connectivity index (χ4v) is 13.1. The molecule has 0 aromatic heterocycles. The van der Waals surface area contributed by atoms with Crippen LogP contribution in [0.5, 0.6) is 0 Å². The molecule has 77 heavy (non-hydrogen) atoms. The Morgan fingerprint density at radius 3 is 1.36 bits per heavy atom. The Morgan fingerprint density at radius 2 is 1.00 bits per heavy atom. The van der Waals surface area contributed by atoms with Gasteiger partial charge in [0.2, 0.25) is 35.4 Å². The van der Waals surface area contributed by atoms with Crippen molar-refractivity contribution in [2.45, 2.75) is 84.2 Å². The average molecular weight is 1150 g/mol. The molecule has 26 heteroatoms. The van der Waals surface area contributed by atoms with E-state index in [2.05, 4.69) is 31.3 Å². The number of rotatable bonds is 16. The van der Waals surface area contributed by atoms with Crippen molar-refractivity contribution in [3.8, 4) is 6.07 Å². The number of carbonyl (C=O) groups excluding carboxylic acids is 6. The number of thioether (sulfide) groups is 2. The van der Waals surface area contributed by atoms with Crippen molar-refractivity contribution < 1.29 is 48.6 Å². The van der Waals surface area contributed by atoms with Crippen molar-refractivity contribution in [1.82, 2.24) is 31.1 Å². The molecule has 2 unspecified atom stereocenters. The Morgan fingerprint density at radius 1 is 0.636 bits per heavy atom. The minimum atomic E-state index is -1.15. The first-order valence-corrected chi connectivity index (χ1v) is 26.2. The van der Waals surface area contributed by atoms with Crippen molar-refractivity contribution in [3.05, 3.63) is 140 Å². The van der Waals surface area contributed by atoms with E-state index in [9.17, 15) is 48.6 Å². The molecule has 402 valence electrons. The van der Waals surface area contributed by atoms with Gasteiger partial charge >= 0.3 is 11.9 Å². The molecule has 4 aliphatic rings. The molecule has 4 heterocycles. The maximum Gasteiger partial charge on any atom is 0.327 e. The number of nitrogens with two attached hydrogens (primary N) is 2. The first-order valence-electron chi connectivity index (χ1n) is 23.3. The Bertz CT molecular complexity index is 3130. The second-order valence-corrected chi connectivity index (χ2v) is 23.7. The molecule has 0 spiro atoms. The Kier molecular flexibility index (Phi) is 17.5. The van der Waals surface area contributed by atoms with Crippen molar-refractivity contribution in [2.75, 3.05) is 13.1 Å². The molecule has 0 radical (unpaired) electrons. The molecule has 4 aromatic rings. The molecule has 8 atom stereocenters. The van der Waals surface area contributed by atoms with E-state index in [0.29, 0.717) is 32.3 Å². The third-order valence-corrected chi connectivity index (χ3v) is 16.4. The van der Waals surface area contributed by atoms with Gasteiger partial charge in [0, 0.05) is 35.7 Å². The number of β-lactam (4-membered cyclic amide) rings is 2. The van der Waals surface area contributed by atoms with E-state index in [-0.39, 0.29) is 28.8 Å². The normalized spacial score (nSPS) is 22.5. The summed E-state index contributed by atoms with van der Waals surface area (Å²) >= 11 is 20.6. The number of carbonyl (C=O) groups is 8. The summed E-state index contributed by atoms with van der Waals surface area (Å²) in [5.41, 5.74) is 14.0. The summed E-state index contributed by atoms with van der Waals surface area (Å²) in [5, 5.41) is 38.9. The van der Waals surface area contributed by atoms with Gasteiger partial charge in [-0.3, -0.25) is 38.8 Å². The lowest BCUT2D eigenvalue weighted by Crippen LogP contribution is -2.71. The fourth-order valence-electron chi connectivity index (χ4n) is 9.07. The molecular formula is C51H50Cl3N11O10S2. The maximum absolute atomic E-state index is 13.3. The van der Waals surface area contributed by atoms with Gasteiger partial charge in [-0.05, 0) is 75.2 Å². The van der Waals surface area contributed by atoms with Gasteiger partial charge in [0.05, 0.1) is 11.6 Å². The van der Waals surface area contributed by atoms with Crippen LogP contribution < -0.4 is 32.7 Å². The van der Waals surface area contributed by atoms with Gasteiger partial charge < -0.3 is 52.7 Å². The summed E-state index contributed by atoms with van der Waals surface area (Å²) in [4.78, 5) is 112. The van der Waals surface area contributed by atoms with Crippen molar-refractivity contribution in [2.24, 2.45) is 21.5 Å². The Balaban J connectivity index is 0.000000224. The molecule has 4 aliphatic heterocycles. The van der Waals surface area contributed by atoms with E-state index >= 15 is 0 Å². The number of carboxylic acid groups (broad SMARTS) is 2. The molecule has 4 fully saturated rings. The molecule has 4 aromatic carbocycles. The Labute approximate surface area is 464 Å². The SMILES string of the molecule is CC1(C)S[C@@H]2[C@H](NC(=O)C(NC(=O)CN=C(N)c3cc(Cl)cc(C#N)c3)c3ccccc3)C(=O)N2[C@H]1C(=O)O.CC1(C)S[C@@H]2[C@H](NC(=O)C(NC(=O)CN=C(N)c3cc(Cl)cc(Cl)c3)c3ccccc3)C(=O)N2[C@H]1C(=O)O. The summed E-state index contributed by atoms with van der Waals surface area (Å²) in [7, 11) is 0. The number of aliphatic carboxylic acids is 2. The minimum absolute atomic E-state index is 0.0149. The first kappa shape index (κ1) is 57.3. The topological polar surface area (TPSA) is 332 Å². The van der Waals surface area contributed by atoms with Crippen molar-refractivity contribution in [3.63, 3.8) is 0 Å². The molecule has 0 aliphatic carbocycles. The lowest BCUT2D eigenvalue weighted by molar-refractivity contribution is -0.161. The van der Waals surface area contributed by atoms with Gasteiger partial charge in [-0.1, -0.05) is 95.5 Å². The highest BCUT2D eigenvalue weighted by Crippen LogP contribution is 2.52. The van der Waals surface area contributed by atoms with Gasteiger partial charge in [0.25, 0.3) is 0 Å². The van der Waals surface area contributed by atoms with E-state index in [1.807, 2.05) is 6.07 Å². The van der Waals surface area contributed by atoms with Crippen LogP contribution in [0.4, 0.5) is 0 Å². The number of hydrogen-bond donors (Lipinski definition) is 8. The van der Waals surface area contributed by atoms with Gasteiger partial charge in [-0.25, -0.2) is 9.59 Å².